The summed E-state index contributed by atoms with van der Waals surface area (Å²) in [7, 11) is 0. The molecule has 1 aliphatic heterocycles. The Morgan fingerprint density at radius 3 is 2.38 bits per heavy atom. The van der Waals surface area contributed by atoms with Crippen LogP contribution in [0.4, 0.5) is 0 Å². The number of hydrogen-bond donors (Lipinski definition) is 1. The molecule has 5 nitrogen and oxygen atoms in total. The molecule has 1 spiro atoms. The number of hydrogen-bond acceptors (Lipinski definition) is 3. The molecule has 24 heavy (non-hydrogen) atoms. The van der Waals surface area contributed by atoms with Gasteiger partial charge in [0.1, 0.15) is 0 Å². The van der Waals surface area contributed by atoms with E-state index in [1.54, 1.807) is 0 Å². The van der Waals surface area contributed by atoms with Crippen LogP contribution in [0.25, 0.3) is 0 Å². The van der Waals surface area contributed by atoms with Crippen molar-refractivity contribution in [3.8, 4) is 0 Å². The van der Waals surface area contributed by atoms with Crippen molar-refractivity contribution in [1.82, 2.24) is 4.90 Å². The molecule has 3 rings (SSSR count). The van der Waals surface area contributed by atoms with E-state index in [9.17, 15) is 9.59 Å². The Morgan fingerprint density at radius 2 is 1.88 bits per heavy atom. The monoisotopic (exact) mass is 331 g/mol. The van der Waals surface area contributed by atoms with E-state index in [-0.39, 0.29) is 23.3 Å². The Bertz CT molecular complexity index is 615. The summed E-state index contributed by atoms with van der Waals surface area (Å²) < 4.78 is 5.56. The van der Waals surface area contributed by atoms with Gasteiger partial charge in [0.15, 0.2) is 0 Å². The second-order valence-electron chi connectivity index (χ2n) is 7.31. The summed E-state index contributed by atoms with van der Waals surface area (Å²) in [6.07, 6.45) is 2.56. The molecule has 0 bridgehead atoms. The SMILES string of the molecule is CC(C)OCc1ccc(C(=O)N2CCC3(CC2)CC3C(=O)O)cc1. The predicted octanol–water partition coefficient (Wildman–Crippen LogP) is 2.94. The Labute approximate surface area is 142 Å². The van der Waals surface area contributed by atoms with Gasteiger partial charge in [0.05, 0.1) is 18.6 Å². The van der Waals surface area contributed by atoms with E-state index in [1.807, 2.05) is 43.0 Å². The first kappa shape index (κ1) is 17.0. The molecule has 1 aliphatic carbocycles. The van der Waals surface area contributed by atoms with Gasteiger partial charge in [-0.15, -0.1) is 0 Å². The highest BCUT2D eigenvalue weighted by molar-refractivity contribution is 5.94. The van der Waals surface area contributed by atoms with Gasteiger partial charge in [-0.25, -0.2) is 0 Å². The lowest BCUT2D eigenvalue weighted by Crippen LogP contribution is -2.40. The van der Waals surface area contributed by atoms with Gasteiger partial charge in [-0.3, -0.25) is 9.59 Å². The van der Waals surface area contributed by atoms with E-state index in [0.717, 1.165) is 24.8 Å². The lowest BCUT2D eigenvalue weighted by Gasteiger charge is -2.32. The second-order valence-corrected chi connectivity index (χ2v) is 7.31. The molecule has 1 saturated carbocycles. The van der Waals surface area contributed by atoms with Crippen LogP contribution in [-0.4, -0.2) is 41.1 Å². The average molecular weight is 331 g/mol. The standard InChI is InChI=1S/C19H25NO4/c1-13(2)24-12-14-3-5-15(6-4-14)17(21)20-9-7-19(8-10-20)11-16(19)18(22)23/h3-6,13,16H,7-12H2,1-2H3,(H,22,23). The summed E-state index contributed by atoms with van der Waals surface area (Å²) in [5.74, 6) is -0.849. The van der Waals surface area contributed by atoms with E-state index < -0.39 is 5.97 Å². The zero-order chi connectivity index (χ0) is 17.3. The number of ether oxygens (including phenoxy) is 1. The van der Waals surface area contributed by atoms with Gasteiger partial charge >= 0.3 is 5.97 Å². The van der Waals surface area contributed by atoms with Crippen molar-refractivity contribution in [3.63, 3.8) is 0 Å². The lowest BCUT2D eigenvalue weighted by atomic mass is 9.90. The predicted molar refractivity (Wildman–Crippen MR) is 89.7 cm³/mol. The van der Waals surface area contributed by atoms with Crippen LogP contribution in [0.1, 0.15) is 49.0 Å². The topological polar surface area (TPSA) is 66.8 Å². The maximum absolute atomic E-state index is 12.6. The normalized spacial score (nSPS) is 22.0. The number of amides is 1. The summed E-state index contributed by atoms with van der Waals surface area (Å²) in [6, 6.07) is 7.57. The molecule has 1 N–H and O–H groups in total. The summed E-state index contributed by atoms with van der Waals surface area (Å²) in [4.78, 5) is 25.6. The van der Waals surface area contributed by atoms with Crippen LogP contribution < -0.4 is 0 Å². The lowest BCUT2D eigenvalue weighted by molar-refractivity contribution is -0.139. The first-order valence-corrected chi connectivity index (χ1v) is 8.64. The fraction of sp³-hybridized carbons (Fsp3) is 0.579. The number of nitrogens with zero attached hydrogens (tertiary/aromatic N) is 1. The van der Waals surface area contributed by atoms with Crippen LogP contribution in [-0.2, 0) is 16.1 Å². The third-order valence-electron chi connectivity index (χ3n) is 5.32. The van der Waals surface area contributed by atoms with Gasteiger partial charge in [-0.1, -0.05) is 12.1 Å². The molecule has 130 valence electrons. The van der Waals surface area contributed by atoms with Crippen LogP contribution in [0.5, 0.6) is 0 Å². The molecule has 0 radical (unpaired) electrons. The molecule has 2 fully saturated rings. The fourth-order valence-corrected chi connectivity index (χ4v) is 3.59. The van der Waals surface area contributed by atoms with Crippen molar-refractivity contribution in [2.75, 3.05) is 13.1 Å². The van der Waals surface area contributed by atoms with Crippen molar-refractivity contribution in [3.05, 3.63) is 35.4 Å². The van der Waals surface area contributed by atoms with Crippen LogP contribution in [0.15, 0.2) is 24.3 Å². The molecule has 2 aliphatic rings. The molecule has 1 heterocycles. The number of likely N-dealkylation sites (tertiary alicyclic amines) is 1. The number of carboxylic acid groups (broad SMARTS) is 1. The van der Waals surface area contributed by atoms with Gasteiger partial charge < -0.3 is 14.7 Å². The quantitative estimate of drug-likeness (QED) is 0.901. The van der Waals surface area contributed by atoms with Crippen molar-refractivity contribution < 1.29 is 19.4 Å². The van der Waals surface area contributed by atoms with Gasteiger partial charge in [0.25, 0.3) is 5.91 Å². The number of benzene rings is 1. The summed E-state index contributed by atoms with van der Waals surface area (Å²) >= 11 is 0. The van der Waals surface area contributed by atoms with Crippen LogP contribution >= 0.6 is 0 Å². The minimum absolute atomic E-state index is 0.0358. The van der Waals surface area contributed by atoms with Gasteiger partial charge in [-0.05, 0) is 56.2 Å². The highest BCUT2D eigenvalue weighted by Crippen LogP contribution is 2.59. The number of piperidine rings is 1. The number of carbonyl (C=O) groups excluding carboxylic acids is 1. The molecular formula is C19H25NO4. The van der Waals surface area contributed by atoms with E-state index in [4.69, 9.17) is 9.84 Å². The molecule has 1 amide bonds. The molecule has 1 atom stereocenters. The maximum Gasteiger partial charge on any atom is 0.307 e. The summed E-state index contributed by atoms with van der Waals surface area (Å²) in [5, 5.41) is 9.14. The highest BCUT2D eigenvalue weighted by atomic mass is 16.5. The van der Waals surface area contributed by atoms with E-state index >= 15 is 0 Å². The van der Waals surface area contributed by atoms with Gasteiger partial charge in [-0.2, -0.15) is 0 Å². The minimum atomic E-state index is -0.686. The Balaban J connectivity index is 1.55. The molecular weight excluding hydrogens is 306 g/mol. The van der Waals surface area contributed by atoms with Crippen LogP contribution in [0.2, 0.25) is 0 Å². The zero-order valence-electron chi connectivity index (χ0n) is 14.3. The first-order chi connectivity index (χ1) is 11.4. The number of carboxylic acids is 1. The smallest absolute Gasteiger partial charge is 0.307 e. The largest absolute Gasteiger partial charge is 0.481 e. The average Bonchev–Trinajstić information content (AvgIpc) is 3.27. The van der Waals surface area contributed by atoms with Crippen molar-refractivity contribution in [2.24, 2.45) is 11.3 Å². The Morgan fingerprint density at radius 1 is 1.25 bits per heavy atom. The second kappa shape index (κ2) is 6.55. The zero-order valence-corrected chi connectivity index (χ0v) is 14.3. The first-order valence-electron chi connectivity index (χ1n) is 8.64. The third kappa shape index (κ3) is 3.46. The van der Waals surface area contributed by atoms with Gasteiger partial charge in [0.2, 0.25) is 0 Å². The van der Waals surface area contributed by atoms with Crippen LogP contribution in [0.3, 0.4) is 0 Å². The molecule has 1 saturated heterocycles. The van der Waals surface area contributed by atoms with Crippen LogP contribution in [0, 0.1) is 11.3 Å². The molecule has 1 aromatic carbocycles. The Kier molecular flexibility index (Phi) is 4.63. The number of carbonyl (C=O) groups is 2. The minimum Gasteiger partial charge on any atom is -0.481 e. The molecule has 0 aromatic heterocycles. The third-order valence-corrected chi connectivity index (χ3v) is 5.32. The van der Waals surface area contributed by atoms with Crippen molar-refractivity contribution in [1.29, 1.82) is 0 Å². The van der Waals surface area contributed by atoms with E-state index in [1.165, 1.54) is 0 Å². The number of rotatable bonds is 5. The van der Waals surface area contributed by atoms with E-state index in [2.05, 4.69) is 0 Å². The number of aliphatic carboxylic acids is 1. The summed E-state index contributed by atoms with van der Waals surface area (Å²) in [6.45, 7) is 5.85. The van der Waals surface area contributed by atoms with Crippen molar-refractivity contribution in [2.45, 2.75) is 45.8 Å². The summed E-state index contributed by atoms with van der Waals surface area (Å²) in [5.41, 5.74) is 1.70. The highest BCUT2D eigenvalue weighted by Gasteiger charge is 2.59. The Hall–Kier alpha value is -1.88. The molecule has 1 aromatic rings. The fourth-order valence-electron chi connectivity index (χ4n) is 3.59. The van der Waals surface area contributed by atoms with E-state index in [0.29, 0.717) is 25.3 Å². The van der Waals surface area contributed by atoms with Crippen molar-refractivity contribution >= 4 is 11.9 Å². The maximum atomic E-state index is 12.6. The molecule has 5 heteroatoms. The van der Waals surface area contributed by atoms with Gasteiger partial charge in [0, 0.05) is 18.7 Å². The molecule has 1 unspecified atom stereocenters.